The van der Waals surface area contributed by atoms with Crippen LogP contribution in [0.2, 0.25) is 0 Å². The number of hydrogen-bond donors (Lipinski definition) is 1. The molecule has 2 rings (SSSR count). The minimum atomic E-state index is 0.562. The molecule has 0 aliphatic carbocycles. The van der Waals surface area contributed by atoms with E-state index in [9.17, 15) is 0 Å². The van der Waals surface area contributed by atoms with Gasteiger partial charge >= 0.3 is 0 Å². The maximum Gasteiger partial charge on any atom is 0.145 e. The first kappa shape index (κ1) is 14.4. The molecule has 0 saturated heterocycles. The van der Waals surface area contributed by atoms with E-state index in [0.29, 0.717) is 12.3 Å². The molecule has 0 amide bonds. The summed E-state index contributed by atoms with van der Waals surface area (Å²) in [6, 6.07) is 8.44. The Labute approximate surface area is 121 Å². The van der Waals surface area contributed by atoms with Gasteiger partial charge in [-0.3, -0.25) is 0 Å². The van der Waals surface area contributed by atoms with Gasteiger partial charge in [0, 0.05) is 0 Å². The topological polar surface area (TPSA) is 35.2 Å². The van der Waals surface area contributed by atoms with Crippen LogP contribution >= 0.6 is 0 Å². The van der Waals surface area contributed by atoms with Crippen LogP contribution in [0.15, 0.2) is 24.3 Å². The molecule has 0 aliphatic heterocycles. The summed E-state index contributed by atoms with van der Waals surface area (Å²) in [4.78, 5) is 0. The van der Waals surface area contributed by atoms with Gasteiger partial charge in [0.05, 0.1) is 5.69 Å². The third-order valence-electron chi connectivity index (χ3n) is 3.65. The number of aryl methyl sites for hydroxylation is 5. The monoisotopic (exact) mass is 269 g/mol. The van der Waals surface area contributed by atoms with Crippen LogP contribution in [0.4, 0.5) is 5.69 Å². The Hall–Kier alpha value is -1.96. The molecule has 0 aromatic heterocycles. The first-order valence-electron chi connectivity index (χ1n) is 6.94. The smallest absolute Gasteiger partial charge is 0.145 e. The van der Waals surface area contributed by atoms with Crippen LogP contribution in [0.5, 0.6) is 5.75 Å². The summed E-state index contributed by atoms with van der Waals surface area (Å²) < 4.78 is 5.99. The molecule has 2 aromatic rings. The van der Waals surface area contributed by atoms with Gasteiger partial charge in [0.2, 0.25) is 0 Å². The maximum absolute atomic E-state index is 6.06. The molecular formula is C18H23NO. The second-order valence-electron chi connectivity index (χ2n) is 5.67. The van der Waals surface area contributed by atoms with Gasteiger partial charge < -0.3 is 10.5 Å². The molecule has 0 bridgehead atoms. The zero-order valence-electron chi connectivity index (χ0n) is 13.0. The van der Waals surface area contributed by atoms with Crippen molar-refractivity contribution < 1.29 is 4.74 Å². The van der Waals surface area contributed by atoms with E-state index in [4.69, 9.17) is 10.5 Å². The molecule has 0 radical (unpaired) electrons. The van der Waals surface area contributed by atoms with Crippen LogP contribution in [0.3, 0.4) is 0 Å². The second-order valence-corrected chi connectivity index (χ2v) is 5.67. The highest BCUT2D eigenvalue weighted by Gasteiger charge is 2.09. The molecule has 0 saturated carbocycles. The minimum absolute atomic E-state index is 0.562. The van der Waals surface area contributed by atoms with Crippen LogP contribution in [0, 0.1) is 34.6 Å². The highest BCUT2D eigenvalue weighted by molar-refractivity contribution is 5.58. The van der Waals surface area contributed by atoms with Gasteiger partial charge in [-0.15, -0.1) is 0 Å². The maximum atomic E-state index is 6.06. The lowest BCUT2D eigenvalue weighted by atomic mass is 10.0. The first-order chi connectivity index (χ1) is 9.38. The molecule has 2 heteroatoms. The van der Waals surface area contributed by atoms with Crippen molar-refractivity contribution in [3.05, 3.63) is 57.6 Å². The van der Waals surface area contributed by atoms with E-state index in [1.54, 1.807) is 0 Å². The summed E-state index contributed by atoms with van der Waals surface area (Å²) >= 11 is 0. The fourth-order valence-electron chi connectivity index (χ4n) is 2.77. The molecule has 0 aliphatic rings. The Morgan fingerprint density at radius 1 is 0.800 bits per heavy atom. The van der Waals surface area contributed by atoms with Gasteiger partial charge in [-0.05, 0) is 68.5 Å². The van der Waals surface area contributed by atoms with Gasteiger partial charge in [0.1, 0.15) is 12.4 Å². The van der Waals surface area contributed by atoms with Gasteiger partial charge in [-0.1, -0.05) is 23.8 Å². The van der Waals surface area contributed by atoms with Crippen molar-refractivity contribution in [1.82, 2.24) is 0 Å². The van der Waals surface area contributed by atoms with E-state index in [-0.39, 0.29) is 0 Å². The van der Waals surface area contributed by atoms with Crippen LogP contribution in [0.1, 0.15) is 33.4 Å². The number of nitrogen functional groups attached to an aromatic ring is 1. The van der Waals surface area contributed by atoms with E-state index in [1.165, 1.54) is 22.3 Å². The Bertz CT molecular complexity index is 540. The van der Waals surface area contributed by atoms with Gasteiger partial charge in [0.15, 0.2) is 0 Å². The summed E-state index contributed by atoms with van der Waals surface area (Å²) in [6.07, 6.45) is 0. The molecule has 0 heterocycles. The van der Waals surface area contributed by atoms with E-state index in [0.717, 1.165) is 16.9 Å². The van der Waals surface area contributed by atoms with Gasteiger partial charge in [0.25, 0.3) is 0 Å². The average Bonchev–Trinajstić information content (AvgIpc) is 2.30. The number of nitrogens with two attached hydrogens (primary N) is 1. The Morgan fingerprint density at radius 3 is 1.85 bits per heavy atom. The predicted octanol–water partition coefficient (Wildman–Crippen LogP) is 4.39. The quantitative estimate of drug-likeness (QED) is 0.839. The second kappa shape index (κ2) is 5.58. The number of rotatable bonds is 3. The third kappa shape index (κ3) is 2.96. The standard InChI is InChI=1S/C18H23NO/c1-11-6-13(3)16(14(4)7-11)10-20-18-15(5)8-12(2)9-17(18)19/h6-9H,10,19H2,1-5H3. The SMILES string of the molecule is Cc1cc(C)c(COc2c(C)cc(C)cc2N)c(C)c1. The van der Waals surface area contributed by atoms with Crippen LogP contribution in [-0.2, 0) is 6.61 Å². The van der Waals surface area contributed by atoms with Crippen molar-refractivity contribution in [3.63, 3.8) is 0 Å². The lowest BCUT2D eigenvalue weighted by Gasteiger charge is -2.16. The van der Waals surface area contributed by atoms with E-state index in [1.807, 2.05) is 19.9 Å². The third-order valence-corrected chi connectivity index (χ3v) is 3.65. The number of anilines is 1. The fourth-order valence-corrected chi connectivity index (χ4v) is 2.77. The van der Waals surface area contributed by atoms with Crippen molar-refractivity contribution in [2.24, 2.45) is 0 Å². The van der Waals surface area contributed by atoms with Gasteiger partial charge in [-0.2, -0.15) is 0 Å². The normalized spacial score (nSPS) is 10.7. The largest absolute Gasteiger partial charge is 0.486 e. The zero-order chi connectivity index (χ0) is 14.9. The summed E-state index contributed by atoms with van der Waals surface area (Å²) in [5, 5.41) is 0. The lowest BCUT2D eigenvalue weighted by Crippen LogP contribution is -2.04. The molecular weight excluding hydrogens is 246 g/mol. The lowest BCUT2D eigenvalue weighted by molar-refractivity contribution is 0.304. The fraction of sp³-hybridized carbons (Fsp3) is 0.333. The summed E-state index contributed by atoms with van der Waals surface area (Å²) in [7, 11) is 0. The van der Waals surface area contributed by atoms with Crippen molar-refractivity contribution in [3.8, 4) is 5.75 Å². The van der Waals surface area contributed by atoms with E-state index < -0.39 is 0 Å². The van der Waals surface area contributed by atoms with Gasteiger partial charge in [-0.25, -0.2) is 0 Å². The molecule has 0 unspecified atom stereocenters. The van der Waals surface area contributed by atoms with E-state index >= 15 is 0 Å². The van der Waals surface area contributed by atoms with Crippen LogP contribution in [-0.4, -0.2) is 0 Å². The molecule has 0 fully saturated rings. The number of hydrogen-bond acceptors (Lipinski definition) is 2. The molecule has 2 aromatic carbocycles. The first-order valence-corrected chi connectivity index (χ1v) is 6.94. The highest BCUT2D eigenvalue weighted by atomic mass is 16.5. The Kier molecular flexibility index (Phi) is 4.03. The minimum Gasteiger partial charge on any atom is -0.486 e. The molecule has 2 nitrogen and oxygen atoms in total. The summed E-state index contributed by atoms with van der Waals surface area (Å²) in [6.45, 7) is 11.0. The summed E-state index contributed by atoms with van der Waals surface area (Å²) in [5.41, 5.74) is 14.1. The van der Waals surface area contributed by atoms with Crippen LogP contribution in [0.25, 0.3) is 0 Å². The van der Waals surface area contributed by atoms with Crippen molar-refractivity contribution in [1.29, 1.82) is 0 Å². The molecule has 106 valence electrons. The number of benzene rings is 2. The molecule has 20 heavy (non-hydrogen) atoms. The van der Waals surface area contributed by atoms with Crippen molar-refractivity contribution in [2.75, 3.05) is 5.73 Å². The van der Waals surface area contributed by atoms with Crippen molar-refractivity contribution in [2.45, 2.75) is 41.2 Å². The number of ether oxygens (including phenoxy) is 1. The Morgan fingerprint density at radius 2 is 1.30 bits per heavy atom. The van der Waals surface area contributed by atoms with Crippen LogP contribution < -0.4 is 10.5 Å². The average molecular weight is 269 g/mol. The summed E-state index contributed by atoms with van der Waals surface area (Å²) in [5.74, 6) is 0.801. The predicted molar refractivity (Wildman–Crippen MR) is 85.3 cm³/mol. The zero-order valence-corrected chi connectivity index (χ0v) is 13.0. The molecule has 0 atom stereocenters. The van der Waals surface area contributed by atoms with E-state index in [2.05, 4.69) is 39.0 Å². The molecule has 2 N–H and O–H groups in total. The Balaban J connectivity index is 2.26. The molecule has 0 spiro atoms. The van der Waals surface area contributed by atoms with Crippen molar-refractivity contribution >= 4 is 5.69 Å². The highest BCUT2D eigenvalue weighted by Crippen LogP contribution is 2.29.